The minimum atomic E-state index is -3.67. The number of carbonyl (C=O) groups is 1. The van der Waals surface area contributed by atoms with Gasteiger partial charge >= 0.3 is 0 Å². The molecule has 2 aliphatic rings. The number of sulfonamides is 1. The second kappa shape index (κ2) is 7.57. The van der Waals surface area contributed by atoms with Gasteiger partial charge in [0.2, 0.25) is 10.0 Å². The number of aromatic nitrogens is 2. The van der Waals surface area contributed by atoms with Crippen molar-refractivity contribution in [3.63, 3.8) is 0 Å². The van der Waals surface area contributed by atoms with Crippen LogP contribution in [-0.4, -0.2) is 52.7 Å². The van der Waals surface area contributed by atoms with Crippen molar-refractivity contribution < 1.29 is 13.2 Å². The quantitative estimate of drug-likeness (QED) is 0.771. The summed E-state index contributed by atoms with van der Waals surface area (Å²) in [5, 5.41) is 0. The van der Waals surface area contributed by atoms with Crippen molar-refractivity contribution in [2.75, 3.05) is 19.6 Å². The lowest BCUT2D eigenvalue weighted by atomic mass is 9.99. The lowest BCUT2D eigenvalue weighted by Crippen LogP contribution is -2.39. The van der Waals surface area contributed by atoms with Crippen LogP contribution in [0.5, 0.6) is 0 Å². The van der Waals surface area contributed by atoms with Crippen molar-refractivity contribution in [2.24, 2.45) is 11.8 Å². The monoisotopic (exact) mass is 416 g/mol. The summed E-state index contributed by atoms with van der Waals surface area (Å²) in [6.07, 6.45) is 3.55. The van der Waals surface area contributed by atoms with E-state index in [1.165, 1.54) is 4.31 Å². The first-order chi connectivity index (χ1) is 13.8. The molecule has 1 aromatic carbocycles. The average molecular weight is 417 g/mol. The van der Waals surface area contributed by atoms with E-state index >= 15 is 0 Å². The third-order valence-electron chi connectivity index (χ3n) is 5.78. The summed E-state index contributed by atoms with van der Waals surface area (Å²) < 4.78 is 29.9. The molecule has 8 heteroatoms. The van der Waals surface area contributed by atoms with Gasteiger partial charge in [-0.25, -0.2) is 13.4 Å². The standard InChI is InChI=1S/C21H28N4O3S/c1-15(2)12-24-13-18-20(21(26)23-10-8-16(3)9-11-23)22-14-25(18)17-6-4-5-7-19(17)29(24,27)28/h4-7,14-16H,8-13H2,1-3H3. The molecule has 0 N–H and O–H groups in total. The Bertz CT molecular complexity index is 1020. The van der Waals surface area contributed by atoms with E-state index in [0.717, 1.165) is 25.9 Å². The number of nitrogens with zero attached hydrogens (tertiary/aromatic N) is 4. The Kier molecular flexibility index (Phi) is 5.25. The SMILES string of the molecule is CC(C)CN1Cc2c(C(=O)N3CCC(C)CC3)ncn2-c2ccccc2S1(=O)=O. The zero-order valence-electron chi connectivity index (χ0n) is 17.2. The van der Waals surface area contributed by atoms with Crippen LogP contribution in [0.1, 0.15) is 49.8 Å². The molecular weight excluding hydrogens is 388 g/mol. The normalized spacial score (nSPS) is 19.7. The summed E-state index contributed by atoms with van der Waals surface area (Å²) in [6, 6.07) is 6.94. The molecule has 1 amide bonds. The number of fused-ring (bicyclic) bond motifs is 3. The van der Waals surface area contributed by atoms with Crippen molar-refractivity contribution in [3.8, 4) is 5.69 Å². The van der Waals surface area contributed by atoms with E-state index in [9.17, 15) is 13.2 Å². The smallest absolute Gasteiger partial charge is 0.274 e. The van der Waals surface area contributed by atoms with Gasteiger partial charge in [-0.05, 0) is 36.8 Å². The van der Waals surface area contributed by atoms with Crippen molar-refractivity contribution in [2.45, 2.75) is 45.1 Å². The highest BCUT2D eigenvalue weighted by atomic mass is 32.2. The Morgan fingerprint density at radius 1 is 1.21 bits per heavy atom. The third-order valence-corrected chi connectivity index (χ3v) is 7.64. The summed E-state index contributed by atoms with van der Waals surface area (Å²) in [4.78, 5) is 19.8. The van der Waals surface area contributed by atoms with Gasteiger partial charge in [0.1, 0.15) is 11.2 Å². The minimum absolute atomic E-state index is 0.105. The maximum atomic E-state index is 13.3. The fourth-order valence-corrected chi connectivity index (χ4v) is 5.85. The number of hydrogen-bond donors (Lipinski definition) is 0. The first-order valence-electron chi connectivity index (χ1n) is 10.2. The summed E-state index contributed by atoms with van der Waals surface area (Å²) in [5.74, 6) is 0.679. The molecule has 0 atom stereocenters. The van der Waals surface area contributed by atoms with E-state index in [4.69, 9.17) is 0 Å². The number of likely N-dealkylation sites (tertiary alicyclic amines) is 1. The molecule has 0 bridgehead atoms. The van der Waals surface area contributed by atoms with E-state index in [0.29, 0.717) is 29.5 Å². The molecule has 0 spiro atoms. The number of imidazole rings is 1. The molecule has 2 aromatic rings. The van der Waals surface area contributed by atoms with Gasteiger partial charge in [-0.1, -0.05) is 32.9 Å². The number of hydrogen-bond acceptors (Lipinski definition) is 4. The highest BCUT2D eigenvalue weighted by molar-refractivity contribution is 7.89. The molecule has 7 nitrogen and oxygen atoms in total. The van der Waals surface area contributed by atoms with Gasteiger partial charge in [-0.2, -0.15) is 4.31 Å². The van der Waals surface area contributed by atoms with Crippen molar-refractivity contribution in [1.29, 1.82) is 0 Å². The molecule has 0 unspecified atom stereocenters. The third kappa shape index (κ3) is 3.59. The Morgan fingerprint density at radius 3 is 2.59 bits per heavy atom. The Balaban J connectivity index is 1.80. The highest BCUT2D eigenvalue weighted by Crippen LogP contribution is 2.32. The number of benzene rings is 1. The van der Waals surface area contributed by atoms with Gasteiger partial charge in [0.25, 0.3) is 5.91 Å². The predicted octanol–water partition coefficient (Wildman–Crippen LogP) is 2.90. The molecular formula is C21H28N4O3S. The fourth-order valence-electron chi connectivity index (χ4n) is 4.11. The van der Waals surface area contributed by atoms with Gasteiger partial charge < -0.3 is 4.90 Å². The molecule has 1 aromatic heterocycles. The second-order valence-electron chi connectivity index (χ2n) is 8.54. The van der Waals surface area contributed by atoms with Crippen LogP contribution in [-0.2, 0) is 16.6 Å². The van der Waals surface area contributed by atoms with Crippen LogP contribution in [0.25, 0.3) is 5.69 Å². The Morgan fingerprint density at radius 2 is 1.90 bits per heavy atom. The van der Waals surface area contributed by atoms with Crippen LogP contribution in [0.4, 0.5) is 0 Å². The van der Waals surface area contributed by atoms with Gasteiger partial charge in [0.05, 0.1) is 17.9 Å². The summed E-state index contributed by atoms with van der Waals surface area (Å²) in [6.45, 7) is 8.15. The molecule has 3 heterocycles. The van der Waals surface area contributed by atoms with Crippen LogP contribution in [0.2, 0.25) is 0 Å². The van der Waals surface area contributed by atoms with Gasteiger partial charge in [0.15, 0.2) is 5.69 Å². The van der Waals surface area contributed by atoms with Crippen molar-refractivity contribution in [3.05, 3.63) is 42.0 Å². The summed E-state index contributed by atoms with van der Waals surface area (Å²) >= 11 is 0. The highest BCUT2D eigenvalue weighted by Gasteiger charge is 2.36. The van der Waals surface area contributed by atoms with Crippen molar-refractivity contribution >= 4 is 15.9 Å². The molecule has 1 saturated heterocycles. The Hall–Kier alpha value is -2.19. The summed E-state index contributed by atoms with van der Waals surface area (Å²) in [5.41, 5.74) is 1.55. The van der Waals surface area contributed by atoms with Crippen LogP contribution < -0.4 is 0 Å². The topological polar surface area (TPSA) is 75.5 Å². The number of piperidine rings is 1. The van der Waals surface area contributed by atoms with E-state index in [1.807, 2.05) is 24.8 Å². The van der Waals surface area contributed by atoms with Gasteiger partial charge in [-0.3, -0.25) is 9.36 Å². The van der Waals surface area contributed by atoms with Crippen molar-refractivity contribution in [1.82, 2.24) is 18.8 Å². The first-order valence-corrected chi connectivity index (χ1v) is 11.7. The van der Waals surface area contributed by atoms with Crippen LogP contribution in [0, 0.1) is 11.8 Å². The fraction of sp³-hybridized carbons (Fsp3) is 0.524. The number of para-hydroxylation sites is 1. The molecule has 0 saturated carbocycles. The molecule has 2 aliphatic heterocycles. The van der Waals surface area contributed by atoms with E-state index in [-0.39, 0.29) is 23.3 Å². The lowest BCUT2D eigenvalue weighted by molar-refractivity contribution is 0.0689. The van der Waals surface area contributed by atoms with Crippen LogP contribution in [0.3, 0.4) is 0 Å². The Labute approximate surface area is 172 Å². The zero-order valence-corrected chi connectivity index (χ0v) is 18.0. The molecule has 0 radical (unpaired) electrons. The van der Waals surface area contributed by atoms with E-state index in [2.05, 4.69) is 11.9 Å². The van der Waals surface area contributed by atoms with Crippen LogP contribution in [0.15, 0.2) is 35.5 Å². The molecule has 1 fully saturated rings. The van der Waals surface area contributed by atoms with E-state index in [1.54, 1.807) is 29.1 Å². The zero-order chi connectivity index (χ0) is 20.8. The van der Waals surface area contributed by atoms with Crippen LogP contribution >= 0.6 is 0 Å². The maximum Gasteiger partial charge on any atom is 0.274 e. The van der Waals surface area contributed by atoms with E-state index < -0.39 is 10.0 Å². The number of amides is 1. The summed E-state index contributed by atoms with van der Waals surface area (Å²) in [7, 11) is -3.67. The van der Waals surface area contributed by atoms with Gasteiger partial charge in [0, 0.05) is 19.6 Å². The maximum absolute atomic E-state index is 13.3. The number of rotatable bonds is 3. The molecule has 156 valence electrons. The largest absolute Gasteiger partial charge is 0.337 e. The minimum Gasteiger partial charge on any atom is -0.337 e. The predicted molar refractivity (Wildman–Crippen MR) is 110 cm³/mol. The molecule has 0 aliphatic carbocycles. The number of carbonyl (C=O) groups excluding carboxylic acids is 1. The lowest BCUT2D eigenvalue weighted by Gasteiger charge is -2.30. The van der Waals surface area contributed by atoms with Gasteiger partial charge in [-0.15, -0.1) is 0 Å². The second-order valence-corrected chi connectivity index (χ2v) is 10.5. The average Bonchev–Trinajstić information content (AvgIpc) is 3.07. The first kappa shape index (κ1) is 20.1. The molecule has 29 heavy (non-hydrogen) atoms. The molecule has 4 rings (SSSR count).